The molecule has 31 heavy (non-hydrogen) atoms. The summed E-state index contributed by atoms with van der Waals surface area (Å²) in [4.78, 5) is 14.6. The molecule has 2 aliphatic rings. The van der Waals surface area contributed by atoms with Crippen molar-refractivity contribution in [3.05, 3.63) is 69.2 Å². The number of benzene rings is 2. The molecule has 160 valence electrons. The van der Waals surface area contributed by atoms with Gasteiger partial charge in [-0.1, -0.05) is 29.8 Å². The number of amides is 1. The third-order valence-corrected chi connectivity index (χ3v) is 6.98. The molecule has 1 amide bonds. The van der Waals surface area contributed by atoms with Crippen LogP contribution >= 0.6 is 23.4 Å². The Bertz CT molecular complexity index is 1100. The van der Waals surface area contributed by atoms with Crippen LogP contribution in [0.25, 0.3) is 0 Å². The van der Waals surface area contributed by atoms with Gasteiger partial charge in [-0.2, -0.15) is 5.26 Å². The average Bonchev–Trinajstić information content (AvgIpc) is 3.13. The third-order valence-electron chi connectivity index (χ3n) is 5.51. The van der Waals surface area contributed by atoms with E-state index in [1.807, 2.05) is 19.1 Å². The van der Waals surface area contributed by atoms with Gasteiger partial charge in [0.25, 0.3) is 0 Å². The summed E-state index contributed by atoms with van der Waals surface area (Å²) in [7, 11) is 1.56. The van der Waals surface area contributed by atoms with E-state index in [1.54, 1.807) is 37.4 Å². The van der Waals surface area contributed by atoms with Gasteiger partial charge in [0, 0.05) is 22.9 Å². The summed E-state index contributed by atoms with van der Waals surface area (Å²) < 4.78 is 11.0. The third kappa shape index (κ3) is 3.65. The molecule has 0 aromatic heterocycles. The number of nitrogens with zero attached hydrogens (tertiary/aromatic N) is 2. The number of fused-ring (bicyclic) bond motifs is 1. The molecule has 0 radical (unpaired) electrons. The molecule has 4 rings (SSSR count). The van der Waals surface area contributed by atoms with Crippen LogP contribution in [0.2, 0.25) is 5.02 Å². The Hall–Kier alpha value is -2.66. The number of carbonyl (C=O) groups is 1. The first-order valence-electron chi connectivity index (χ1n) is 9.82. The molecule has 6 nitrogen and oxygen atoms in total. The van der Waals surface area contributed by atoms with Crippen molar-refractivity contribution in [1.82, 2.24) is 4.90 Å². The number of allylic oxidation sites excluding steroid dienone is 1. The van der Waals surface area contributed by atoms with E-state index in [0.29, 0.717) is 39.3 Å². The topological polar surface area (TPSA) is 82.8 Å². The number of thioether (sulfide) groups is 1. The van der Waals surface area contributed by atoms with Gasteiger partial charge in [0.05, 0.1) is 36.1 Å². The first-order valence-corrected chi connectivity index (χ1v) is 11.2. The molecule has 0 spiro atoms. The highest BCUT2D eigenvalue weighted by Crippen LogP contribution is 2.52. The second-order valence-electron chi connectivity index (χ2n) is 7.27. The van der Waals surface area contributed by atoms with E-state index in [4.69, 9.17) is 21.1 Å². The van der Waals surface area contributed by atoms with Crippen LogP contribution in [0, 0.1) is 11.3 Å². The summed E-state index contributed by atoms with van der Waals surface area (Å²) in [5.41, 5.74) is 0.294. The summed E-state index contributed by atoms with van der Waals surface area (Å²) in [6, 6.07) is 14.5. The van der Waals surface area contributed by atoms with Crippen LogP contribution in [-0.4, -0.2) is 35.4 Å². The molecule has 2 aromatic carbocycles. The molecule has 2 aliphatic heterocycles. The lowest BCUT2D eigenvalue weighted by Gasteiger charge is -2.38. The summed E-state index contributed by atoms with van der Waals surface area (Å²) in [5.74, 6) is 0.730. The molecule has 1 N–H and O–H groups in total. The van der Waals surface area contributed by atoms with Crippen molar-refractivity contribution in [2.75, 3.05) is 19.5 Å². The van der Waals surface area contributed by atoms with Crippen LogP contribution in [0.15, 0.2) is 53.1 Å². The number of nitriles is 1. The quantitative estimate of drug-likeness (QED) is 0.718. The van der Waals surface area contributed by atoms with Crippen molar-refractivity contribution in [2.24, 2.45) is 0 Å². The lowest BCUT2D eigenvalue weighted by molar-refractivity contribution is -0.149. The number of hydrogen-bond acceptors (Lipinski definition) is 6. The lowest BCUT2D eigenvalue weighted by Crippen LogP contribution is -2.48. The number of halogens is 1. The van der Waals surface area contributed by atoms with Crippen LogP contribution in [0.3, 0.4) is 0 Å². The Kier molecular flexibility index (Phi) is 5.89. The minimum Gasteiger partial charge on any atom is -0.493 e. The number of methoxy groups -OCH3 is 1. The molecule has 2 heterocycles. The highest BCUT2D eigenvalue weighted by Gasteiger charge is 2.51. The number of carbonyl (C=O) groups excluding carboxylic acids is 1. The Morgan fingerprint density at radius 3 is 2.68 bits per heavy atom. The molecule has 0 bridgehead atoms. The first-order chi connectivity index (χ1) is 14.9. The Balaban J connectivity index is 1.77. The Morgan fingerprint density at radius 2 is 2.03 bits per heavy atom. The maximum atomic E-state index is 13.2. The van der Waals surface area contributed by atoms with Gasteiger partial charge >= 0.3 is 0 Å². The second kappa shape index (κ2) is 8.46. The minimum absolute atomic E-state index is 0.0702. The van der Waals surface area contributed by atoms with Crippen molar-refractivity contribution < 1.29 is 19.4 Å². The highest BCUT2D eigenvalue weighted by atomic mass is 35.5. The van der Waals surface area contributed by atoms with Gasteiger partial charge in [-0.05, 0) is 36.8 Å². The molecule has 2 unspecified atom stereocenters. The molecule has 2 aromatic rings. The van der Waals surface area contributed by atoms with Gasteiger partial charge in [-0.3, -0.25) is 9.69 Å². The summed E-state index contributed by atoms with van der Waals surface area (Å²) in [5, 5.41) is 22.5. The average molecular weight is 457 g/mol. The molecule has 2 atom stereocenters. The van der Waals surface area contributed by atoms with Crippen molar-refractivity contribution >= 4 is 29.3 Å². The predicted octanol–water partition coefficient (Wildman–Crippen LogP) is 4.39. The van der Waals surface area contributed by atoms with E-state index in [9.17, 15) is 15.2 Å². The van der Waals surface area contributed by atoms with Gasteiger partial charge in [-0.25, -0.2) is 0 Å². The standard InChI is InChI=1S/C23H21ClN2O4S/c1-3-30-20-10-14(4-9-19(20)29-2)17-11-21(27)26-22(18(17)12-25)31-13-23(26,28)15-5-7-16(24)8-6-15/h4-10,17,28H,3,11,13H2,1-2H3. The fourth-order valence-corrected chi connectivity index (χ4v) is 5.50. The Labute approximate surface area is 190 Å². The SMILES string of the molecule is CCOc1cc(C2CC(=O)N3C(=C2C#N)SCC3(O)c2ccc(Cl)cc2)ccc1OC. The zero-order valence-electron chi connectivity index (χ0n) is 17.1. The number of rotatable bonds is 5. The van der Waals surface area contributed by atoms with Gasteiger partial charge in [-0.15, -0.1) is 11.8 Å². The first kappa shape index (κ1) is 21.6. The number of aliphatic hydroxyl groups is 1. The normalized spacial score (nSPS) is 22.9. The van der Waals surface area contributed by atoms with E-state index >= 15 is 0 Å². The monoisotopic (exact) mass is 456 g/mol. The smallest absolute Gasteiger partial charge is 0.231 e. The molecule has 1 fully saturated rings. The lowest BCUT2D eigenvalue weighted by atomic mass is 9.85. The van der Waals surface area contributed by atoms with Crippen LogP contribution in [0.4, 0.5) is 0 Å². The van der Waals surface area contributed by atoms with E-state index < -0.39 is 11.6 Å². The van der Waals surface area contributed by atoms with Crippen LogP contribution in [0.1, 0.15) is 30.4 Å². The minimum atomic E-state index is -1.52. The summed E-state index contributed by atoms with van der Waals surface area (Å²) in [6.07, 6.45) is 0.0702. The van der Waals surface area contributed by atoms with E-state index in [0.717, 1.165) is 5.56 Å². The predicted molar refractivity (Wildman–Crippen MR) is 119 cm³/mol. The van der Waals surface area contributed by atoms with Crippen molar-refractivity contribution in [3.8, 4) is 17.6 Å². The fourth-order valence-electron chi connectivity index (χ4n) is 4.02. The van der Waals surface area contributed by atoms with Crippen LogP contribution < -0.4 is 9.47 Å². The van der Waals surface area contributed by atoms with E-state index in [-0.39, 0.29) is 18.1 Å². The zero-order valence-corrected chi connectivity index (χ0v) is 18.7. The molecule has 0 aliphatic carbocycles. The molecule has 8 heteroatoms. The largest absolute Gasteiger partial charge is 0.493 e. The Morgan fingerprint density at radius 1 is 1.29 bits per heavy atom. The molecule has 1 saturated heterocycles. The number of ether oxygens (including phenoxy) is 2. The highest BCUT2D eigenvalue weighted by molar-refractivity contribution is 8.03. The van der Waals surface area contributed by atoms with Gasteiger partial charge in [0.15, 0.2) is 17.2 Å². The maximum Gasteiger partial charge on any atom is 0.231 e. The molecular weight excluding hydrogens is 436 g/mol. The van der Waals surface area contributed by atoms with Gasteiger partial charge in [0.1, 0.15) is 0 Å². The summed E-state index contributed by atoms with van der Waals surface area (Å²) in [6.45, 7) is 2.34. The van der Waals surface area contributed by atoms with E-state index in [2.05, 4.69) is 6.07 Å². The fraction of sp³-hybridized carbons (Fsp3) is 0.304. The molecule has 0 saturated carbocycles. The van der Waals surface area contributed by atoms with Crippen molar-refractivity contribution in [2.45, 2.75) is 25.0 Å². The van der Waals surface area contributed by atoms with Crippen molar-refractivity contribution in [3.63, 3.8) is 0 Å². The van der Waals surface area contributed by atoms with Gasteiger partial charge < -0.3 is 14.6 Å². The number of hydrogen-bond donors (Lipinski definition) is 1. The van der Waals surface area contributed by atoms with Crippen LogP contribution in [0.5, 0.6) is 11.5 Å². The van der Waals surface area contributed by atoms with Crippen LogP contribution in [-0.2, 0) is 10.5 Å². The second-order valence-corrected chi connectivity index (χ2v) is 8.67. The summed E-state index contributed by atoms with van der Waals surface area (Å²) >= 11 is 7.29. The van der Waals surface area contributed by atoms with E-state index in [1.165, 1.54) is 16.7 Å². The van der Waals surface area contributed by atoms with Crippen molar-refractivity contribution in [1.29, 1.82) is 5.26 Å². The van der Waals surface area contributed by atoms with Gasteiger partial charge in [0.2, 0.25) is 5.91 Å². The maximum absolute atomic E-state index is 13.2. The zero-order chi connectivity index (χ0) is 22.2. The molecular formula is C23H21ClN2O4S.